The van der Waals surface area contributed by atoms with Crippen LogP contribution in [0.2, 0.25) is 0 Å². The molecule has 29 heavy (non-hydrogen) atoms. The standard InChI is InChI=1S/C23H17F3N2O/c24-23(25,26)17-12-10-16(11-13-17)22-28-20(18-8-4-5-9-21(18)29-22)14-19(27-28)15-6-2-1-3-7-15/h1-13,20,22H,14H2/t20-,22-/m0/s1. The number of hydrogen-bond acceptors (Lipinski definition) is 3. The lowest BCUT2D eigenvalue weighted by Gasteiger charge is -2.38. The Bertz CT molecular complexity index is 1060. The first-order valence-corrected chi connectivity index (χ1v) is 9.35. The molecule has 3 aromatic carbocycles. The summed E-state index contributed by atoms with van der Waals surface area (Å²) in [5, 5.41) is 6.68. The van der Waals surface area contributed by atoms with Gasteiger partial charge in [-0.15, -0.1) is 0 Å². The van der Waals surface area contributed by atoms with Crippen LogP contribution >= 0.6 is 0 Å². The molecule has 0 amide bonds. The number of nitrogens with zero attached hydrogens (tertiary/aromatic N) is 2. The highest BCUT2D eigenvalue weighted by Gasteiger charge is 2.41. The lowest BCUT2D eigenvalue weighted by Crippen LogP contribution is -2.33. The normalized spacial score (nSPS) is 20.5. The first-order chi connectivity index (χ1) is 14.0. The van der Waals surface area contributed by atoms with Crippen LogP contribution in [0.25, 0.3) is 0 Å². The quantitative estimate of drug-likeness (QED) is 0.537. The van der Waals surface area contributed by atoms with Gasteiger partial charge >= 0.3 is 6.18 Å². The van der Waals surface area contributed by atoms with E-state index in [1.807, 2.05) is 59.6 Å². The Morgan fingerprint density at radius 3 is 2.28 bits per heavy atom. The third kappa shape index (κ3) is 3.14. The van der Waals surface area contributed by atoms with Crippen molar-refractivity contribution in [1.82, 2.24) is 5.01 Å². The van der Waals surface area contributed by atoms with E-state index in [1.165, 1.54) is 12.1 Å². The fourth-order valence-corrected chi connectivity index (χ4v) is 3.90. The van der Waals surface area contributed by atoms with Crippen LogP contribution in [0, 0.1) is 0 Å². The molecule has 0 saturated carbocycles. The van der Waals surface area contributed by atoms with Crippen LogP contribution < -0.4 is 4.74 Å². The Morgan fingerprint density at radius 1 is 0.862 bits per heavy atom. The molecule has 3 aromatic rings. The molecule has 2 aliphatic rings. The Balaban J connectivity index is 1.56. The van der Waals surface area contributed by atoms with Crippen LogP contribution in [0.4, 0.5) is 13.2 Å². The predicted octanol–water partition coefficient (Wildman–Crippen LogP) is 5.95. The summed E-state index contributed by atoms with van der Waals surface area (Å²) in [7, 11) is 0. The summed E-state index contributed by atoms with van der Waals surface area (Å²) in [5.41, 5.74) is 2.96. The van der Waals surface area contributed by atoms with Crippen molar-refractivity contribution in [2.75, 3.05) is 0 Å². The Morgan fingerprint density at radius 2 is 1.55 bits per heavy atom. The highest BCUT2D eigenvalue weighted by molar-refractivity contribution is 6.01. The van der Waals surface area contributed by atoms with Crippen molar-refractivity contribution in [3.05, 3.63) is 101 Å². The third-order valence-electron chi connectivity index (χ3n) is 5.33. The van der Waals surface area contributed by atoms with Crippen molar-refractivity contribution in [3.8, 4) is 5.75 Å². The van der Waals surface area contributed by atoms with E-state index in [4.69, 9.17) is 9.84 Å². The number of ether oxygens (including phenoxy) is 1. The number of halogens is 3. The van der Waals surface area contributed by atoms with E-state index in [0.29, 0.717) is 12.0 Å². The van der Waals surface area contributed by atoms with Gasteiger partial charge in [-0.3, -0.25) is 0 Å². The van der Waals surface area contributed by atoms with Crippen molar-refractivity contribution >= 4 is 5.71 Å². The predicted molar refractivity (Wildman–Crippen MR) is 103 cm³/mol. The Labute approximate surface area is 166 Å². The van der Waals surface area contributed by atoms with Crippen LogP contribution in [0.1, 0.15) is 40.9 Å². The molecule has 0 radical (unpaired) electrons. The number of para-hydroxylation sites is 1. The van der Waals surface area contributed by atoms with Crippen LogP contribution in [-0.2, 0) is 6.18 Å². The van der Waals surface area contributed by atoms with E-state index in [9.17, 15) is 13.2 Å². The van der Waals surface area contributed by atoms with E-state index < -0.39 is 18.0 Å². The molecule has 146 valence electrons. The highest BCUT2D eigenvalue weighted by atomic mass is 19.4. The molecule has 0 spiro atoms. The van der Waals surface area contributed by atoms with E-state index >= 15 is 0 Å². The fraction of sp³-hybridized carbons (Fsp3) is 0.174. The molecule has 3 nitrogen and oxygen atoms in total. The average molecular weight is 394 g/mol. The molecule has 0 aromatic heterocycles. The van der Waals surface area contributed by atoms with Gasteiger partial charge in [-0.2, -0.15) is 18.3 Å². The molecule has 2 aliphatic heterocycles. The zero-order valence-electron chi connectivity index (χ0n) is 15.3. The Hall–Kier alpha value is -3.28. The smallest absolute Gasteiger partial charge is 0.416 e. The summed E-state index contributed by atoms with van der Waals surface area (Å²) in [5.74, 6) is 0.739. The summed E-state index contributed by atoms with van der Waals surface area (Å²) in [6, 6.07) is 22.8. The maximum absolute atomic E-state index is 12.9. The molecule has 2 heterocycles. The molecule has 6 heteroatoms. The van der Waals surface area contributed by atoms with Gasteiger partial charge in [0, 0.05) is 17.5 Å². The number of hydrazone groups is 1. The minimum absolute atomic E-state index is 0.0255. The summed E-state index contributed by atoms with van der Waals surface area (Å²) < 4.78 is 45.0. The zero-order valence-corrected chi connectivity index (χ0v) is 15.3. The molecular weight excluding hydrogens is 377 g/mol. The molecule has 2 atom stereocenters. The van der Waals surface area contributed by atoms with Gasteiger partial charge in [0.05, 0.1) is 17.3 Å². The summed E-state index contributed by atoms with van der Waals surface area (Å²) >= 11 is 0. The monoisotopic (exact) mass is 394 g/mol. The molecule has 5 rings (SSSR count). The highest BCUT2D eigenvalue weighted by Crippen LogP contribution is 2.47. The van der Waals surface area contributed by atoms with Gasteiger partial charge < -0.3 is 4.74 Å². The summed E-state index contributed by atoms with van der Waals surface area (Å²) in [6.07, 6.45) is -4.24. The SMILES string of the molecule is FC(F)(F)c1ccc([C@@H]2Oc3ccccc3[C@@H]3CC(c4ccccc4)=NN32)cc1. The van der Waals surface area contributed by atoms with Crippen LogP contribution in [0.15, 0.2) is 84.0 Å². The van der Waals surface area contributed by atoms with Gasteiger partial charge in [0.15, 0.2) is 0 Å². The molecular formula is C23H17F3N2O. The van der Waals surface area contributed by atoms with Gasteiger partial charge in [-0.1, -0.05) is 60.7 Å². The molecule has 0 aliphatic carbocycles. The van der Waals surface area contributed by atoms with Crippen LogP contribution in [0.3, 0.4) is 0 Å². The van der Waals surface area contributed by atoms with E-state index in [1.54, 1.807) is 0 Å². The maximum atomic E-state index is 12.9. The molecule has 0 bridgehead atoms. The van der Waals surface area contributed by atoms with Gasteiger partial charge in [-0.25, -0.2) is 5.01 Å². The van der Waals surface area contributed by atoms with Gasteiger partial charge in [0.25, 0.3) is 0 Å². The van der Waals surface area contributed by atoms with Crippen molar-refractivity contribution in [2.24, 2.45) is 5.10 Å². The average Bonchev–Trinajstić information content (AvgIpc) is 3.19. The summed E-state index contributed by atoms with van der Waals surface area (Å²) in [6.45, 7) is 0. The minimum Gasteiger partial charge on any atom is -0.464 e. The number of rotatable bonds is 2. The fourth-order valence-electron chi connectivity index (χ4n) is 3.90. The maximum Gasteiger partial charge on any atom is 0.416 e. The first-order valence-electron chi connectivity index (χ1n) is 9.35. The van der Waals surface area contributed by atoms with Crippen LogP contribution in [0.5, 0.6) is 5.75 Å². The second kappa shape index (κ2) is 6.65. The van der Waals surface area contributed by atoms with Crippen molar-refractivity contribution < 1.29 is 17.9 Å². The van der Waals surface area contributed by atoms with Gasteiger partial charge in [0.1, 0.15) is 5.75 Å². The third-order valence-corrected chi connectivity index (χ3v) is 5.33. The lowest BCUT2D eigenvalue weighted by molar-refractivity contribution is -0.137. The Kier molecular flexibility index (Phi) is 4.08. The number of alkyl halides is 3. The second-order valence-corrected chi connectivity index (χ2v) is 7.14. The van der Waals surface area contributed by atoms with E-state index in [-0.39, 0.29) is 6.04 Å². The molecule has 0 fully saturated rings. The van der Waals surface area contributed by atoms with Crippen molar-refractivity contribution in [3.63, 3.8) is 0 Å². The summed E-state index contributed by atoms with van der Waals surface area (Å²) in [4.78, 5) is 0. The zero-order chi connectivity index (χ0) is 20.0. The topological polar surface area (TPSA) is 24.8 Å². The largest absolute Gasteiger partial charge is 0.464 e. The molecule has 0 unspecified atom stereocenters. The lowest BCUT2D eigenvalue weighted by atomic mass is 9.96. The van der Waals surface area contributed by atoms with E-state index in [0.717, 1.165) is 34.7 Å². The minimum atomic E-state index is -4.37. The first kappa shape index (κ1) is 17.8. The molecule has 0 N–H and O–H groups in total. The number of fused-ring (bicyclic) bond motifs is 3. The van der Waals surface area contributed by atoms with Gasteiger partial charge in [-0.05, 0) is 23.8 Å². The molecule has 0 saturated heterocycles. The van der Waals surface area contributed by atoms with Crippen molar-refractivity contribution in [2.45, 2.75) is 24.9 Å². The number of benzene rings is 3. The number of hydrogen-bond donors (Lipinski definition) is 0. The van der Waals surface area contributed by atoms with Crippen LogP contribution in [-0.4, -0.2) is 10.7 Å². The second-order valence-electron chi connectivity index (χ2n) is 7.14. The van der Waals surface area contributed by atoms with E-state index in [2.05, 4.69) is 0 Å². The van der Waals surface area contributed by atoms with Gasteiger partial charge in [0.2, 0.25) is 6.23 Å². The van der Waals surface area contributed by atoms with Crippen molar-refractivity contribution in [1.29, 1.82) is 0 Å².